The molecule has 0 amide bonds. The van der Waals surface area contributed by atoms with E-state index in [2.05, 4.69) is 174 Å². The number of benzene rings is 9. The summed E-state index contributed by atoms with van der Waals surface area (Å²) in [5.41, 5.74) is 11.8. The smallest absolute Gasteiger partial charge is 0.143 e. The number of hydrogen-bond donors (Lipinski definition) is 0. The van der Waals surface area contributed by atoms with Gasteiger partial charge < -0.3 is 13.4 Å². The highest BCUT2D eigenvalue weighted by Gasteiger charge is 2.27. The Morgan fingerprint density at radius 1 is 0.309 bits per heavy atom. The molecule has 0 radical (unpaired) electrons. The van der Waals surface area contributed by atoms with Crippen LogP contribution in [0.25, 0.3) is 116 Å². The van der Waals surface area contributed by atoms with Crippen LogP contribution in [0, 0.1) is 0 Å². The molecule has 0 aliphatic rings. The Morgan fingerprint density at radius 2 is 0.855 bits per heavy atom. The third kappa shape index (κ3) is 4.32. The van der Waals surface area contributed by atoms with E-state index in [-0.39, 0.29) is 0 Å². The predicted molar refractivity (Wildman–Crippen MR) is 229 cm³/mol. The maximum Gasteiger partial charge on any atom is 0.143 e. The van der Waals surface area contributed by atoms with Crippen LogP contribution in [0.4, 0.5) is 0 Å². The molecule has 3 nitrogen and oxygen atoms in total. The van der Waals surface area contributed by atoms with Crippen molar-refractivity contribution in [2.75, 3.05) is 0 Å². The van der Waals surface area contributed by atoms with Gasteiger partial charge >= 0.3 is 0 Å². The lowest BCUT2D eigenvalue weighted by Gasteiger charge is -2.18. The summed E-state index contributed by atoms with van der Waals surface area (Å²) in [6.07, 6.45) is 0. The summed E-state index contributed by atoms with van der Waals surface area (Å²) in [5.74, 6) is 0.853. The van der Waals surface area contributed by atoms with E-state index in [1.54, 1.807) is 0 Å². The molecule has 0 atom stereocenters. The second-order valence-corrected chi connectivity index (χ2v) is 14.3. The zero-order chi connectivity index (χ0) is 36.0. The Morgan fingerprint density at radius 3 is 1.56 bits per heavy atom. The van der Waals surface area contributed by atoms with Crippen molar-refractivity contribution < 1.29 is 8.83 Å². The molecule has 0 aliphatic heterocycles. The van der Waals surface area contributed by atoms with E-state index in [4.69, 9.17) is 8.83 Å². The van der Waals surface area contributed by atoms with Gasteiger partial charge in [0.15, 0.2) is 0 Å². The summed E-state index contributed by atoms with van der Waals surface area (Å²) < 4.78 is 15.8. The van der Waals surface area contributed by atoms with E-state index in [1.807, 2.05) is 18.2 Å². The van der Waals surface area contributed by atoms with Crippen LogP contribution in [0.15, 0.2) is 197 Å². The monoisotopic (exact) mass is 701 g/mol. The molecule has 256 valence electrons. The highest BCUT2D eigenvalue weighted by Crippen LogP contribution is 2.52. The van der Waals surface area contributed by atoms with Crippen LogP contribution in [0.2, 0.25) is 0 Å². The second-order valence-electron chi connectivity index (χ2n) is 14.3. The summed E-state index contributed by atoms with van der Waals surface area (Å²) in [5, 5.41) is 10.4. The molecule has 12 rings (SSSR count). The van der Waals surface area contributed by atoms with Crippen LogP contribution in [0.5, 0.6) is 0 Å². The molecule has 3 heteroatoms. The Kier molecular flexibility index (Phi) is 6.34. The van der Waals surface area contributed by atoms with Gasteiger partial charge in [0.1, 0.15) is 22.5 Å². The molecule has 0 saturated heterocycles. The van der Waals surface area contributed by atoms with Crippen molar-refractivity contribution in [3.63, 3.8) is 0 Å². The first-order valence-electron chi connectivity index (χ1n) is 18.8. The molecule has 0 fully saturated rings. The Labute approximate surface area is 315 Å². The number of rotatable bonds is 4. The van der Waals surface area contributed by atoms with Gasteiger partial charge in [-0.3, -0.25) is 0 Å². The molecular weight excluding hydrogens is 671 g/mol. The first-order valence-corrected chi connectivity index (χ1v) is 18.8. The molecule has 0 unspecified atom stereocenters. The largest absolute Gasteiger partial charge is 0.456 e. The summed E-state index contributed by atoms with van der Waals surface area (Å²) in [4.78, 5) is 0. The lowest BCUT2D eigenvalue weighted by atomic mass is 9.84. The van der Waals surface area contributed by atoms with Gasteiger partial charge in [-0.1, -0.05) is 140 Å². The van der Waals surface area contributed by atoms with E-state index in [0.29, 0.717) is 0 Å². The van der Waals surface area contributed by atoms with Crippen molar-refractivity contribution >= 4 is 76.3 Å². The SMILES string of the molecule is c1ccc(-c2oc3ccc4oc5ccccc5c4c3c2-c2c3ccccc3c(-c3ccc4c(c3)c3ccccc3n4-c3ccccc3)c3ccccc23)cc1. The van der Waals surface area contributed by atoms with Crippen LogP contribution in [-0.2, 0) is 0 Å². The van der Waals surface area contributed by atoms with Gasteiger partial charge in [0, 0.05) is 49.3 Å². The molecular formula is C52H31NO2. The minimum absolute atomic E-state index is 0.838. The molecule has 0 saturated carbocycles. The molecule has 3 heterocycles. The fourth-order valence-corrected chi connectivity index (χ4v) is 9.13. The fourth-order valence-electron chi connectivity index (χ4n) is 9.13. The van der Waals surface area contributed by atoms with E-state index in [0.717, 1.165) is 61.0 Å². The lowest BCUT2D eigenvalue weighted by Crippen LogP contribution is -1.93. The number of para-hydroxylation sites is 3. The Balaban J connectivity index is 1.22. The normalized spacial score (nSPS) is 12.0. The maximum atomic E-state index is 6.96. The average molecular weight is 702 g/mol. The Hall–Kier alpha value is -7.36. The number of furan rings is 2. The van der Waals surface area contributed by atoms with E-state index >= 15 is 0 Å². The zero-order valence-electron chi connectivity index (χ0n) is 29.7. The molecule has 9 aromatic carbocycles. The number of hydrogen-bond acceptors (Lipinski definition) is 2. The van der Waals surface area contributed by atoms with Crippen LogP contribution >= 0.6 is 0 Å². The zero-order valence-corrected chi connectivity index (χ0v) is 29.7. The van der Waals surface area contributed by atoms with Gasteiger partial charge in [-0.2, -0.15) is 0 Å². The Bertz CT molecular complexity index is 3420. The predicted octanol–water partition coefficient (Wildman–Crippen LogP) is 14.7. The van der Waals surface area contributed by atoms with Crippen LogP contribution < -0.4 is 0 Å². The molecule has 12 aromatic rings. The third-order valence-electron chi connectivity index (χ3n) is 11.4. The molecule has 3 aromatic heterocycles. The van der Waals surface area contributed by atoms with Gasteiger partial charge in [-0.05, 0) is 81.2 Å². The maximum absolute atomic E-state index is 6.96. The van der Waals surface area contributed by atoms with Gasteiger partial charge in [0.2, 0.25) is 0 Å². The van der Waals surface area contributed by atoms with Gasteiger partial charge in [0.25, 0.3) is 0 Å². The van der Waals surface area contributed by atoms with E-state index in [9.17, 15) is 0 Å². The first kappa shape index (κ1) is 30.1. The molecule has 0 N–H and O–H groups in total. The summed E-state index contributed by atoms with van der Waals surface area (Å²) >= 11 is 0. The molecule has 55 heavy (non-hydrogen) atoms. The number of aromatic nitrogens is 1. The van der Waals surface area contributed by atoms with Crippen LogP contribution in [0.1, 0.15) is 0 Å². The lowest BCUT2D eigenvalue weighted by molar-refractivity contribution is 0.632. The minimum Gasteiger partial charge on any atom is -0.456 e. The number of fused-ring (bicyclic) bond motifs is 10. The van der Waals surface area contributed by atoms with Crippen molar-refractivity contribution in [3.8, 4) is 39.3 Å². The summed E-state index contributed by atoms with van der Waals surface area (Å²) in [7, 11) is 0. The van der Waals surface area contributed by atoms with E-state index in [1.165, 1.54) is 54.5 Å². The standard InChI is InChI=1S/C52H31NO2/c1-3-15-32(16-4-1)52-51(50-46(55-52)30-29-45-49(50)40-24-12-14-26-44(40)54-45)48-38-22-9-7-20-36(38)47(37-21-8-10-23-39(37)48)33-27-28-43-41(31-33)35-19-11-13-25-42(35)53(43)34-17-5-2-6-18-34/h1-31H. The second kappa shape index (κ2) is 11.6. The van der Waals surface area contributed by atoms with Crippen LogP contribution in [0.3, 0.4) is 0 Å². The van der Waals surface area contributed by atoms with Gasteiger partial charge in [-0.15, -0.1) is 0 Å². The molecule has 0 spiro atoms. The highest BCUT2D eigenvalue weighted by molar-refractivity contribution is 6.30. The number of nitrogens with zero attached hydrogens (tertiary/aromatic N) is 1. The summed E-state index contributed by atoms with van der Waals surface area (Å²) in [6, 6.07) is 67.1. The van der Waals surface area contributed by atoms with Gasteiger partial charge in [-0.25, -0.2) is 0 Å². The van der Waals surface area contributed by atoms with Crippen molar-refractivity contribution in [2.45, 2.75) is 0 Å². The van der Waals surface area contributed by atoms with Crippen molar-refractivity contribution in [2.24, 2.45) is 0 Å². The van der Waals surface area contributed by atoms with E-state index < -0.39 is 0 Å². The van der Waals surface area contributed by atoms with Crippen molar-refractivity contribution in [1.82, 2.24) is 4.57 Å². The highest BCUT2D eigenvalue weighted by atomic mass is 16.3. The van der Waals surface area contributed by atoms with Crippen molar-refractivity contribution in [3.05, 3.63) is 188 Å². The molecule has 0 bridgehead atoms. The van der Waals surface area contributed by atoms with Crippen LogP contribution in [-0.4, -0.2) is 4.57 Å². The topological polar surface area (TPSA) is 31.2 Å². The average Bonchev–Trinajstić information content (AvgIpc) is 3.93. The van der Waals surface area contributed by atoms with Gasteiger partial charge in [0.05, 0.1) is 11.0 Å². The third-order valence-corrected chi connectivity index (χ3v) is 11.4. The van der Waals surface area contributed by atoms with Crippen molar-refractivity contribution in [1.29, 1.82) is 0 Å². The minimum atomic E-state index is 0.838. The fraction of sp³-hybridized carbons (Fsp3) is 0. The quantitative estimate of drug-likeness (QED) is 0.171. The molecule has 0 aliphatic carbocycles. The summed E-state index contributed by atoms with van der Waals surface area (Å²) in [6.45, 7) is 0. The first-order chi connectivity index (χ1) is 27.3.